The van der Waals surface area contributed by atoms with Crippen LogP contribution < -0.4 is 16.2 Å². The van der Waals surface area contributed by atoms with E-state index in [0.29, 0.717) is 12.2 Å². The first-order valence-corrected chi connectivity index (χ1v) is 10.2. The normalized spacial score (nSPS) is 15.4. The van der Waals surface area contributed by atoms with Gasteiger partial charge in [-0.05, 0) is 69.3 Å². The summed E-state index contributed by atoms with van der Waals surface area (Å²) in [5.74, 6) is -1.30. The van der Waals surface area contributed by atoms with Gasteiger partial charge in [-0.1, -0.05) is 6.42 Å². The summed E-state index contributed by atoms with van der Waals surface area (Å²) in [5.41, 5.74) is -0.108. The molecule has 0 saturated carbocycles. The van der Waals surface area contributed by atoms with Gasteiger partial charge in [0.05, 0.1) is 0 Å². The van der Waals surface area contributed by atoms with Gasteiger partial charge in [-0.2, -0.15) is 0 Å². The van der Waals surface area contributed by atoms with E-state index in [4.69, 9.17) is 0 Å². The number of carbonyl (C=O) groups is 2. The number of halogens is 1. The zero-order valence-electron chi connectivity index (χ0n) is 17.1. The average Bonchev–Trinajstić information content (AvgIpc) is 2.75. The van der Waals surface area contributed by atoms with Gasteiger partial charge in [0, 0.05) is 24.5 Å². The molecule has 1 saturated heterocycles. The van der Waals surface area contributed by atoms with Crippen LogP contribution >= 0.6 is 0 Å². The number of likely N-dealkylation sites (tertiary alicyclic amines) is 1. The number of hydrogen-bond donors (Lipinski definition) is 2. The van der Waals surface area contributed by atoms with E-state index in [2.05, 4.69) is 22.5 Å². The highest BCUT2D eigenvalue weighted by atomic mass is 19.1. The van der Waals surface area contributed by atoms with Crippen molar-refractivity contribution in [2.24, 2.45) is 0 Å². The maximum absolute atomic E-state index is 13.0. The molecule has 1 unspecified atom stereocenters. The van der Waals surface area contributed by atoms with Crippen LogP contribution in [0.3, 0.4) is 0 Å². The van der Waals surface area contributed by atoms with Crippen LogP contribution in [0.4, 0.5) is 10.1 Å². The summed E-state index contributed by atoms with van der Waals surface area (Å²) in [5, 5.41) is 5.43. The molecule has 1 fully saturated rings. The Morgan fingerprint density at radius 3 is 2.50 bits per heavy atom. The van der Waals surface area contributed by atoms with Gasteiger partial charge >= 0.3 is 0 Å². The van der Waals surface area contributed by atoms with Gasteiger partial charge in [0.1, 0.15) is 17.9 Å². The Labute approximate surface area is 174 Å². The molecule has 1 aliphatic rings. The van der Waals surface area contributed by atoms with Crippen LogP contribution in [-0.4, -0.2) is 47.0 Å². The molecule has 1 aromatic carbocycles. The van der Waals surface area contributed by atoms with Crippen molar-refractivity contribution in [1.82, 2.24) is 14.8 Å². The summed E-state index contributed by atoms with van der Waals surface area (Å²) < 4.78 is 14.1. The molecule has 0 radical (unpaired) electrons. The van der Waals surface area contributed by atoms with Crippen molar-refractivity contribution in [3.8, 4) is 0 Å². The number of nitrogens with one attached hydrogen (secondary N) is 2. The number of piperidine rings is 1. The lowest BCUT2D eigenvalue weighted by Gasteiger charge is -2.32. The maximum atomic E-state index is 13.0. The van der Waals surface area contributed by atoms with Crippen LogP contribution in [0, 0.1) is 5.82 Å². The summed E-state index contributed by atoms with van der Waals surface area (Å²) in [6.45, 7) is 4.32. The fraction of sp³-hybridized carbons (Fsp3) is 0.409. The SMILES string of the molecule is CC(CNC(=O)c1cccn(CC(=O)Nc2ccc(F)cc2)c1=O)N1CCCCC1. The standard InChI is InChI=1S/C22H27FN4O3/c1-16(26-11-3-2-4-12-26)14-24-21(29)19-6-5-13-27(22(19)30)15-20(28)25-18-9-7-17(23)8-10-18/h5-10,13,16H,2-4,11-12,14-15H2,1H3,(H,24,29)(H,25,28). The number of aromatic nitrogens is 1. The number of anilines is 1. The zero-order valence-corrected chi connectivity index (χ0v) is 17.1. The van der Waals surface area contributed by atoms with Gasteiger partial charge in [0.15, 0.2) is 0 Å². The van der Waals surface area contributed by atoms with E-state index in [0.717, 1.165) is 13.1 Å². The number of rotatable bonds is 7. The molecule has 7 nitrogen and oxygen atoms in total. The largest absolute Gasteiger partial charge is 0.350 e. The first kappa shape index (κ1) is 21.7. The predicted octanol–water partition coefficient (Wildman–Crippen LogP) is 2.23. The lowest BCUT2D eigenvalue weighted by molar-refractivity contribution is -0.116. The zero-order chi connectivity index (χ0) is 21.5. The molecule has 8 heteroatoms. The minimum absolute atomic E-state index is 0.00192. The Hall–Kier alpha value is -3.00. The van der Waals surface area contributed by atoms with Crippen LogP contribution in [0.1, 0.15) is 36.5 Å². The Bertz CT molecular complexity index is 936. The second-order valence-corrected chi connectivity index (χ2v) is 7.57. The van der Waals surface area contributed by atoms with Crippen LogP contribution in [0.2, 0.25) is 0 Å². The number of carbonyl (C=O) groups excluding carboxylic acids is 2. The van der Waals surface area contributed by atoms with Crippen LogP contribution in [0.25, 0.3) is 0 Å². The Morgan fingerprint density at radius 1 is 1.10 bits per heavy atom. The first-order valence-electron chi connectivity index (χ1n) is 10.2. The van der Waals surface area contributed by atoms with E-state index in [-0.39, 0.29) is 18.2 Å². The quantitative estimate of drug-likeness (QED) is 0.728. The monoisotopic (exact) mass is 414 g/mol. The van der Waals surface area contributed by atoms with Gasteiger partial charge < -0.3 is 15.2 Å². The minimum Gasteiger partial charge on any atom is -0.350 e. The Kier molecular flexibility index (Phi) is 7.35. The fourth-order valence-corrected chi connectivity index (χ4v) is 3.55. The van der Waals surface area contributed by atoms with Crippen molar-refractivity contribution in [3.05, 3.63) is 64.3 Å². The van der Waals surface area contributed by atoms with Gasteiger partial charge in [-0.3, -0.25) is 19.3 Å². The smallest absolute Gasteiger partial charge is 0.263 e. The van der Waals surface area contributed by atoms with Crippen molar-refractivity contribution in [2.45, 2.75) is 38.8 Å². The van der Waals surface area contributed by atoms with Crippen molar-refractivity contribution in [1.29, 1.82) is 0 Å². The molecule has 2 amide bonds. The molecule has 0 bridgehead atoms. The molecule has 2 aromatic rings. The highest BCUT2D eigenvalue weighted by Crippen LogP contribution is 2.11. The molecule has 30 heavy (non-hydrogen) atoms. The third-order valence-electron chi connectivity index (χ3n) is 5.28. The summed E-state index contributed by atoms with van der Waals surface area (Å²) in [4.78, 5) is 39.7. The highest BCUT2D eigenvalue weighted by molar-refractivity contribution is 5.94. The number of amides is 2. The summed E-state index contributed by atoms with van der Waals surface area (Å²) >= 11 is 0. The summed E-state index contributed by atoms with van der Waals surface area (Å²) in [7, 11) is 0. The van der Waals surface area contributed by atoms with Crippen molar-refractivity contribution in [3.63, 3.8) is 0 Å². The van der Waals surface area contributed by atoms with E-state index in [1.54, 1.807) is 6.07 Å². The number of benzene rings is 1. The third kappa shape index (κ3) is 5.76. The second kappa shape index (κ2) is 10.2. The lowest BCUT2D eigenvalue weighted by Crippen LogP contribution is -2.45. The van der Waals surface area contributed by atoms with Gasteiger partial charge in [0.25, 0.3) is 11.5 Å². The van der Waals surface area contributed by atoms with Crippen molar-refractivity contribution < 1.29 is 14.0 Å². The fourth-order valence-electron chi connectivity index (χ4n) is 3.55. The number of nitrogens with zero attached hydrogens (tertiary/aromatic N) is 2. The van der Waals surface area contributed by atoms with Crippen LogP contribution in [0.15, 0.2) is 47.4 Å². The van der Waals surface area contributed by atoms with E-state index < -0.39 is 23.2 Å². The van der Waals surface area contributed by atoms with E-state index in [1.807, 2.05) is 0 Å². The molecule has 3 rings (SSSR count). The molecule has 160 valence electrons. The predicted molar refractivity (Wildman–Crippen MR) is 113 cm³/mol. The van der Waals surface area contributed by atoms with E-state index in [1.165, 1.54) is 60.4 Å². The summed E-state index contributed by atoms with van der Waals surface area (Å²) in [6, 6.07) is 8.55. The van der Waals surface area contributed by atoms with E-state index in [9.17, 15) is 18.8 Å². The Morgan fingerprint density at radius 2 is 1.80 bits per heavy atom. The molecular formula is C22H27FN4O3. The molecule has 2 heterocycles. The van der Waals surface area contributed by atoms with Gasteiger partial charge in [-0.25, -0.2) is 4.39 Å². The Balaban J connectivity index is 1.59. The lowest BCUT2D eigenvalue weighted by atomic mass is 10.1. The van der Waals surface area contributed by atoms with Gasteiger partial charge in [0.2, 0.25) is 5.91 Å². The van der Waals surface area contributed by atoms with Crippen molar-refractivity contribution in [2.75, 3.05) is 25.0 Å². The van der Waals surface area contributed by atoms with Crippen LogP contribution in [0.5, 0.6) is 0 Å². The number of hydrogen-bond acceptors (Lipinski definition) is 4. The molecule has 1 atom stereocenters. The highest BCUT2D eigenvalue weighted by Gasteiger charge is 2.19. The first-order chi connectivity index (χ1) is 14.4. The van der Waals surface area contributed by atoms with Gasteiger partial charge in [-0.15, -0.1) is 0 Å². The molecule has 1 aromatic heterocycles. The molecule has 0 aliphatic carbocycles. The summed E-state index contributed by atoms with van der Waals surface area (Å²) in [6.07, 6.45) is 5.04. The molecule has 2 N–H and O–H groups in total. The number of pyridine rings is 1. The average molecular weight is 414 g/mol. The molecule has 1 aliphatic heterocycles. The third-order valence-corrected chi connectivity index (χ3v) is 5.28. The maximum Gasteiger partial charge on any atom is 0.263 e. The molecular weight excluding hydrogens is 387 g/mol. The van der Waals surface area contributed by atoms with E-state index >= 15 is 0 Å². The topological polar surface area (TPSA) is 83.4 Å². The minimum atomic E-state index is -0.533. The van der Waals surface area contributed by atoms with Crippen molar-refractivity contribution >= 4 is 17.5 Å². The van der Waals surface area contributed by atoms with Crippen LogP contribution in [-0.2, 0) is 11.3 Å². The molecule has 0 spiro atoms. The second-order valence-electron chi connectivity index (χ2n) is 7.57.